The molecule has 2 aromatic heterocycles. The zero-order valence-corrected chi connectivity index (χ0v) is 18.1. The smallest absolute Gasteiger partial charge is 0.412 e. The van der Waals surface area contributed by atoms with Gasteiger partial charge in [0.2, 0.25) is 0 Å². The van der Waals surface area contributed by atoms with Gasteiger partial charge in [-0.05, 0) is 30.7 Å². The quantitative estimate of drug-likeness (QED) is 0.440. The molecular formula is C24H19F3N4O3. The first-order valence-electron chi connectivity index (χ1n) is 10.2. The molecule has 0 fully saturated rings. The number of nitrogens with one attached hydrogen (secondary N) is 1. The Morgan fingerprint density at radius 3 is 2.47 bits per heavy atom. The van der Waals surface area contributed by atoms with Crippen LogP contribution in [-0.2, 0) is 7.05 Å². The number of benzene rings is 2. The molecule has 0 radical (unpaired) electrons. The molecule has 0 unspecified atom stereocenters. The van der Waals surface area contributed by atoms with Crippen molar-refractivity contribution < 1.29 is 23.1 Å². The fourth-order valence-electron chi connectivity index (χ4n) is 3.78. The number of carboxylic acid groups (broad SMARTS) is 1. The van der Waals surface area contributed by atoms with Crippen molar-refractivity contribution >= 4 is 22.7 Å². The first-order valence-corrected chi connectivity index (χ1v) is 10.2. The van der Waals surface area contributed by atoms with Crippen molar-refractivity contribution in [3.63, 3.8) is 0 Å². The Hall–Kier alpha value is -4.21. The molecule has 2 N–H and O–H groups in total. The molecule has 0 aliphatic carbocycles. The number of anilines is 1. The maximum atomic E-state index is 14.3. The van der Waals surface area contributed by atoms with Gasteiger partial charge in [-0.3, -0.25) is 9.36 Å². The highest BCUT2D eigenvalue weighted by atomic mass is 19.4. The van der Waals surface area contributed by atoms with E-state index in [0.29, 0.717) is 11.1 Å². The molecule has 0 spiro atoms. The van der Waals surface area contributed by atoms with Gasteiger partial charge in [0.25, 0.3) is 5.56 Å². The van der Waals surface area contributed by atoms with E-state index in [-0.39, 0.29) is 22.3 Å². The lowest BCUT2D eigenvalue weighted by Gasteiger charge is -2.25. The van der Waals surface area contributed by atoms with Gasteiger partial charge in [0, 0.05) is 24.4 Å². The fraction of sp³-hybridized carbons (Fsp3) is 0.167. The topological polar surface area (TPSA) is 97.1 Å². The van der Waals surface area contributed by atoms with Crippen LogP contribution >= 0.6 is 0 Å². The monoisotopic (exact) mass is 468 g/mol. The first kappa shape index (κ1) is 23.0. The number of fused-ring (bicyclic) bond motifs is 1. The lowest BCUT2D eigenvalue weighted by Crippen LogP contribution is -2.30. The molecule has 2 heterocycles. The molecule has 1 atom stereocenters. The molecule has 4 aromatic rings. The van der Waals surface area contributed by atoms with Crippen LogP contribution in [0, 0.1) is 6.92 Å². The van der Waals surface area contributed by atoms with Gasteiger partial charge in [0.05, 0.1) is 10.9 Å². The third-order valence-corrected chi connectivity index (χ3v) is 5.34. The zero-order chi connectivity index (χ0) is 24.6. The molecule has 7 nitrogen and oxygen atoms in total. The first-order chi connectivity index (χ1) is 16.1. The molecule has 10 heteroatoms. The summed E-state index contributed by atoms with van der Waals surface area (Å²) < 4.78 is 44.3. The van der Waals surface area contributed by atoms with Crippen molar-refractivity contribution in [3.8, 4) is 11.4 Å². The van der Waals surface area contributed by atoms with Gasteiger partial charge in [0.15, 0.2) is 6.04 Å². The Balaban J connectivity index is 2.00. The predicted molar refractivity (Wildman–Crippen MR) is 121 cm³/mol. The number of aryl methyl sites for hydroxylation is 1. The zero-order valence-electron chi connectivity index (χ0n) is 18.1. The van der Waals surface area contributed by atoms with Crippen molar-refractivity contribution in [2.75, 3.05) is 5.32 Å². The Morgan fingerprint density at radius 2 is 1.82 bits per heavy atom. The number of hydrogen-bond acceptors (Lipinski definition) is 5. The number of aromatic nitrogens is 3. The minimum atomic E-state index is -4.86. The summed E-state index contributed by atoms with van der Waals surface area (Å²) in [4.78, 5) is 32.9. The number of rotatable bonds is 5. The maximum Gasteiger partial charge on any atom is 0.412 e. The number of aromatic carboxylic acids is 1. The average molecular weight is 468 g/mol. The summed E-state index contributed by atoms with van der Waals surface area (Å²) in [6.07, 6.45) is -3.66. The minimum absolute atomic E-state index is 0.0210. The maximum absolute atomic E-state index is 14.3. The predicted octanol–water partition coefficient (Wildman–Crippen LogP) is 4.72. The third kappa shape index (κ3) is 4.21. The molecule has 0 saturated heterocycles. The fourth-order valence-corrected chi connectivity index (χ4v) is 3.78. The van der Waals surface area contributed by atoms with Gasteiger partial charge < -0.3 is 10.4 Å². The molecule has 174 valence electrons. The van der Waals surface area contributed by atoms with Crippen LogP contribution in [0.4, 0.5) is 19.0 Å². The number of carboxylic acids is 1. The average Bonchev–Trinajstić information content (AvgIpc) is 2.79. The summed E-state index contributed by atoms with van der Waals surface area (Å²) in [5, 5.41) is 11.6. The molecular weight excluding hydrogens is 449 g/mol. The summed E-state index contributed by atoms with van der Waals surface area (Å²) in [5.41, 5.74) is -0.370. The van der Waals surface area contributed by atoms with Crippen LogP contribution in [0.5, 0.6) is 0 Å². The second kappa shape index (κ2) is 8.62. The second-order valence-corrected chi connectivity index (χ2v) is 7.74. The van der Waals surface area contributed by atoms with Crippen LogP contribution < -0.4 is 10.9 Å². The highest BCUT2D eigenvalue weighted by Crippen LogP contribution is 2.39. The van der Waals surface area contributed by atoms with Gasteiger partial charge >= 0.3 is 12.1 Å². The SMILES string of the molecule is Cc1cc([C@H](Nc2ncccc2C(=O)O)C(F)(F)F)c2nc(-c3ccccc3)n(C)c(=O)c2c1. The summed E-state index contributed by atoms with van der Waals surface area (Å²) in [6.45, 7) is 1.57. The number of halogens is 3. The molecule has 2 aromatic carbocycles. The van der Waals surface area contributed by atoms with Crippen molar-refractivity contribution in [2.24, 2.45) is 7.05 Å². The highest BCUT2D eigenvalue weighted by Gasteiger charge is 2.43. The molecule has 0 aliphatic rings. The lowest BCUT2D eigenvalue weighted by atomic mass is 9.99. The number of hydrogen-bond donors (Lipinski definition) is 2. The van der Waals surface area contributed by atoms with E-state index in [1.54, 1.807) is 37.3 Å². The van der Waals surface area contributed by atoms with Gasteiger partial charge in [0.1, 0.15) is 17.2 Å². The summed E-state index contributed by atoms with van der Waals surface area (Å²) >= 11 is 0. The van der Waals surface area contributed by atoms with Gasteiger partial charge in [-0.15, -0.1) is 0 Å². The lowest BCUT2D eigenvalue weighted by molar-refractivity contribution is -0.143. The van der Waals surface area contributed by atoms with Crippen LogP contribution in [0.1, 0.15) is 27.5 Å². The van der Waals surface area contributed by atoms with E-state index in [0.717, 1.165) is 6.07 Å². The Morgan fingerprint density at radius 1 is 1.12 bits per heavy atom. The summed E-state index contributed by atoms with van der Waals surface area (Å²) in [6, 6.07) is 11.5. The number of pyridine rings is 1. The van der Waals surface area contributed by atoms with Gasteiger partial charge in [-0.1, -0.05) is 36.4 Å². The van der Waals surface area contributed by atoms with Crippen LogP contribution in [0.2, 0.25) is 0 Å². The van der Waals surface area contributed by atoms with Crippen LogP contribution in [0.3, 0.4) is 0 Å². The minimum Gasteiger partial charge on any atom is -0.478 e. The van der Waals surface area contributed by atoms with E-state index in [4.69, 9.17) is 0 Å². The molecule has 0 aliphatic heterocycles. The van der Waals surface area contributed by atoms with Crippen LogP contribution in [-0.4, -0.2) is 31.8 Å². The van der Waals surface area contributed by atoms with E-state index >= 15 is 0 Å². The molecule has 34 heavy (non-hydrogen) atoms. The number of carbonyl (C=O) groups is 1. The largest absolute Gasteiger partial charge is 0.478 e. The van der Waals surface area contributed by atoms with Crippen molar-refractivity contribution in [1.82, 2.24) is 14.5 Å². The van der Waals surface area contributed by atoms with E-state index in [2.05, 4.69) is 15.3 Å². The van der Waals surface area contributed by atoms with Crippen molar-refractivity contribution in [3.05, 3.63) is 87.8 Å². The molecule has 0 bridgehead atoms. The van der Waals surface area contributed by atoms with Crippen LogP contribution in [0.25, 0.3) is 22.3 Å². The van der Waals surface area contributed by atoms with E-state index in [9.17, 15) is 27.9 Å². The van der Waals surface area contributed by atoms with E-state index in [1.165, 1.54) is 36.0 Å². The van der Waals surface area contributed by atoms with Crippen molar-refractivity contribution in [1.29, 1.82) is 0 Å². The number of alkyl halides is 3. The number of nitrogens with zero attached hydrogens (tertiary/aromatic N) is 3. The standard InChI is InChI=1S/C24H19F3N4O3/c1-13-11-16(19(24(25,26)27)30-20-15(23(33)34)9-6-10-28-20)18-17(12-13)22(32)31(2)21(29-18)14-7-4-3-5-8-14/h3-12,19H,1-2H3,(H,28,30)(H,33,34)/t19-/m0/s1. The Labute approximate surface area is 191 Å². The van der Waals surface area contributed by atoms with Crippen molar-refractivity contribution in [2.45, 2.75) is 19.1 Å². The highest BCUT2D eigenvalue weighted by molar-refractivity contribution is 5.93. The Kier molecular flexibility index (Phi) is 5.82. The Bertz CT molecular complexity index is 1450. The summed E-state index contributed by atoms with van der Waals surface area (Å²) in [5.74, 6) is -1.67. The molecule has 0 amide bonds. The van der Waals surface area contributed by atoms with Gasteiger partial charge in [-0.2, -0.15) is 13.2 Å². The second-order valence-electron chi connectivity index (χ2n) is 7.74. The van der Waals surface area contributed by atoms with E-state index < -0.39 is 35.1 Å². The normalized spacial score (nSPS) is 12.5. The summed E-state index contributed by atoms with van der Waals surface area (Å²) in [7, 11) is 1.51. The van der Waals surface area contributed by atoms with Crippen LogP contribution in [0.15, 0.2) is 65.6 Å². The van der Waals surface area contributed by atoms with E-state index in [1.807, 2.05) is 0 Å². The molecule has 4 rings (SSSR count). The molecule has 0 saturated carbocycles. The van der Waals surface area contributed by atoms with Gasteiger partial charge in [-0.25, -0.2) is 14.8 Å². The third-order valence-electron chi connectivity index (χ3n) is 5.34.